The fraction of sp³-hybridized carbons (Fsp3) is 0.625. The average molecular weight is 280 g/mol. The number of quaternary nitrogens is 1. The molecule has 0 bridgehead atoms. The summed E-state index contributed by atoms with van der Waals surface area (Å²) < 4.78 is 16.2. The van der Waals surface area contributed by atoms with Gasteiger partial charge >= 0.3 is 0 Å². The van der Waals surface area contributed by atoms with E-state index in [0.29, 0.717) is 12.1 Å². The predicted octanol–water partition coefficient (Wildman–Crippen LogP) is 1.72. The maximum Gasteiger partial charge on any atom is 0.123 e. The molecule has 0 saturated heterocycles. The lowest BCUT2D eigenvalue weighted by molar-refractivity contribution is -0.713. The summed E-state index contributed by atoms with van der Waals surface area (Å²) >= 11 is 0. The van der Waals surface area contributed by atoms with Gasteiger partial charge in [-0.1, -0.05) is 6.42 Å². The Hall–Kier alpha value is -1.26. The molecule has 0 radical (unpaired) electrons. The molecular formula is C16H26NO3+. The molecule has 0 heterocycles. The van der Waals surface area contributed by atoms with Crippen molar-refractivity contribution >= 4 is 0 Å². The summed E-state index contributed by atoms with van der Waals surface area (Å²) in [5, 5.41) is 2.39. The van der Waals surface area contributed by atoms with Crippen molar-refractivity contribution in [2.45, 2.75) is 44.4 Å². The summed E-state index contributed by atoms with van der Waals surface area (Å²) in [5.41, 5.74) is 1.22. The van der Waals surface area contributed by atoms with Gasteiger partial charge in [-0.15, -0.1) is 0 Å². The van der Waals surface area contributed by atoms with Crippen LogP contribution in [0.4, 0.5) is 0 Å². The van der Waals surface area contributed by atoms with E-state index < -0.39 is 0 Å². The van der Waals surface area contributed by atoms with Crippen LogP contribution in [0.5, 0.6) is 11.5 Å². The van der Waals surface area contributed by atoms with Crippen LogP contribution in [-0.4, -0.2) is 33.5 Å². The van der Waals surface area contributed by atoms with E-state index >= 15 is 0 Å². The molecule has 1 aromatic carbocycles. The van der Waals surface area contributed by atoms with Gasteiger partial charge in [0.05, 0.1) is 14.2 Å². The first-order valence-corrected chi connectivity index (χ1v) is 7.35. The van der Waals surface area contributed by atoms with E-state index in [1.807, 2.05) is 13.2 Å². The van der Waals surface area contributed by atoms with Gasteiger partial charge in [-0.25, -0.2) is 0 Å². The van der Waals surface area contributed by atoms with Gasteiger partial charge in [0, 0.05) is 25.2 Å². The molecule has 4 nitrogen and oxygen atoms in total. The van der Waals surface area contributed by atoms with Crippen LogP contribution in [-0.2, 0) is 11.3 Å². The van der Waals surface area contributed by atoms with Gasteiger partial charge in [-0.3, -0.25) is 0 Å². The van der Waals surface area contributed by atoms with Crippen LogP contribution in [0.2, 0.25) is 0 Å². The first-order valence-electron chi connectivity index (χ1n) is 7.35. The zero-order chi connectivity index (χ0) is 14.4. The highest BCUT2D eigenvalue weighted by atomic mass is 16.5. The van der Waals surface area contributed by atoms with Crippen molar-refractivity contribution in [3.05, 3.63) is 23.8 Å². The minimum absolute atomic E-state index is 0.385. The molecule has 0 aromatic heterocycles. The molecule has 2 N–H and O–H groups in total. The third kappa shape index (κ3) is 3.87. The third-order valence-corrected chi connectivity index (χ3v) is 4.12. The van der Waals surface area contributed by atoms with Crippen LogP contribution in [0, 0.1) is 0 Å². The van der Waals surface area contributed by atoms with Crippen LogP contribution in [0.3, 0.4) is 0 Å². The molecule has 0 aliphatic heterocycles. The van der Waals surface area contributed by atoms with E-state index in [1.54, 1.807) is 14.2 Å². The van der Waals surface area contributed by atoms with E-state index in [1.165, 1.54) is 31.2 Å². The molecule has 1 aliphatic carbocycles. The number of hydrogen-bond acceptors (Lipinski definition) is 3. The Balaban J connectivity index is 1.98. The Morgan fingerprint density at radius 3 is 2.25 bits per heavy atom. The molecule has 20 heavy (non-hydrogen) atoms. The molecule has 0 unspecified atom stereocenters. The maximum atomic E-state index is 5.60. The van der Waals surface area contributed by atoms with E-state index in [-0.39, 0.29) is 0 Å². The highest BCUT2D eigenvalue weighted by Gasteiger charge is 2.27. The summed E-state index contributed by atoms with van der Waals surface area (Å²) in [4.78, 5) is 0. The Labute approximate surface area is 121 Å². The highest BCUT2D eigenvalue weighted by Crippen LogP contribution is 2.22. The molecule has 1 saturated carbocycles. The van der Waals surface area contributed by atoms with E-state index in [2.05, 4.69) is 17.4 Å². The van der Waals surface area contributed by atoms with Gasteiger partial charge in [-0.05, 0) is 25.0 Å². The van der Waals surface area contributed by atoms with Crippen LogP contribution in [0.1, 0.15) is 31.2 Å². The Bertz CT molecular complexity index is 400. The number of ether oxygens (including phenoxy) is 3. The molecular weight excluding hydrogens is 254 g/mol. The fourth-order valence-electron chi connectivity index (χ4n) is 2.96. The van der Waals surface area contributed by atoms with Crippen molar-refractivity contribution in [3.63, 3.8) is 0 Å². The molecule has 1 aliphatic rings. The van der Waals surface area contributed by atoms with Crippen LogP contribution < -0.4 is 14.8 Å². The summed E-state index contributed by atoms with van der Waals surface area (Å²) in [5.74, 6) is 1.69. The Morgan fingerprint density at radius 2 is 1.65 bits per heavy atom. The normalized spacial score (nSPS) is 22.6. The number of benzene rings is 1. The molecule has 0 spiro atoms. The maximum absolute atomic E-state index is 5.60. The lowest BCUT2D eigenvalue weighted by Gasteiger charge is -2.28. The monoisotopic (exact) mass is 280 g/mol. The first kappa shape index (κ1) is 15.1. The first-order chi connectivity index (χ1) is 9.76. The molecule has 2 rings (SSSR count). The van der Waals surface area contributed by atoms with Gasteiger partial charge in [0.2, 0.25) is 0 Å². The standard InChI is InChI=1S/C16H25NO3/c1-18-13-8-12(9-14(10-13)19-2)11-17-15-6-4-5-7-16(15)20-3/h8-10,15-17H,4-7,11H2,1-3H3/p+1/t15-,16+/m0/s1. The molecule has 1 fully saturated rings. The van der Waals surface area contributed by atoms with Gasteiger partial charge in [0.25, 0.3) is 0 Å². The number of nitrogens with two attached hydrogens (primary N) is 1. The van der Waals surface area contributed by atoms with Crippen molar-refractivity contribution < 1.29 is 19.5 Å². The summed E-state index contributed by atoms with van der Waals surface area (Å²) in [6, 6.07) is 6.61. The Morgan fingerprint density at radius 1 is 1.00 bits per heavy atom. The molecule has 1 aromatic rings. The van der Waals surface area contributed by atoms with Crippen LogP contribution >= 0.6 is 0 Å². The van der Waals surface area contributed by atoms with E-state index in [0.717, 1.165) is 18.0 Å². The summed E-state index contributed by atoms with van der Waals surface area (Å²) in [6.45, 7) is 0.929. The van der Waals surface area contributed by atoms with Gasteiger partial charge in [-0.2, -0.15) is 0 Å². The third-order valence-electron chi connectivity index (χ3n) is 4.12. The lowest BCUT2D eigenvalue weighted by Crippen LogP contribution is -2.91. The van der Waals surface area contributed by atoms with E-state index in [4.69, 9.17) is 14.2 Å². The van der Waals surface area contributed by atoms with Crippen LogP contribution in [0.15, 0.2) is 18.2 Å². The van der Waals surface area contributed by atoms with E-state index in [9.17, 15) is 0 Å². The van der Waals surface area contributed by atoms with Crippen LogP contribution in [0.25, 0.3) is 0 Å². The predicted molar refractivity (Wildman–Crippen MR) is 78.2 cm³/mol. The minimum Gasteiger partial charge on any atom is -0.497 e. The van der Waals surface area contributed by atoms with Crippen molar-refractivity contribution in [2.75, 3.05) is 21.3 Å². The smallest absolute Gasteiger partial charge is 0.123 e. The second-order valence-corrected chi connectivity index (χ2v) is 5.38. The van der Waals surface area contributed by atoms with Gasteiger partial charge < -0.3 is 19.5 Å². The zero-order valence-corrected chi connectivity index (χ0v) is 12.7. The van der Waals surface area contributed by atoms with Crippen molar-refractivity contribution in [1.29, 1.82) is 0 Å². The fourth-order valence-corrected chi connectivity index (χ4v) is 2.96. The zero-order valence-electron chi connectivity index (χ0n) is 12.7. The highest BCUT2D eigenvalue weighted by molar-refractivity contribution is 5.38. The lowest BCUT2D eigenvalue weighted by atomic mass is 9.92. The second kappa shape index (κ2) is 7.50. The number of rotatable bonds is 6. The number of methoxy groups -OCH3 is 3. The SMILES string of the molecule is COc1cc(C[NH2+][C@H]2CCCC[C@H]2OC)cc(OC)c1. The summed E-state index contributed by atoms with van der Waals surface area (Å²) in [6.07, 6.45) is 5.40. The minimum atomic E-state index is 0.385. The molecule has 4 heteroatoms. The van der Waals surface area contributed by atoms with Crippen molar-refractivity contribution in [2.24, 2.45) is 0 Å². The second-order valence-electron chi connectivity index (χ2n) is 5.38. The van der Waals surface area contributed by atoms with Gasteiger partial charge in [0.1, 0.15) is 30.2 Å². The van der Waals surface area contributed by atoms with Gasteiger partial charge in [0.15, 0.2) is 0 Å². The van der Waals surface area contributed by atoms with Crippen molar-refractivity contribution in [3.8, 4) is 11.5 Å². The average Bonchev–Trinajstić information content (AvgIpc) is 2.52. The largest absolute Gasteiger partial charge is 0.497 e. The molecule has 112 valence electrons. The quantitative estimate of drug-likeness (QED) is 0.863. The summed E-state index contributed by atoms with van der Waals surface area (Å²) in [7, 11) is 5.19. The van der Waals surface area contributed by atoms with Crippen molar-refractivity contribution in [1.82, 2.24) is 0 Å². The Kier molecular flexibility index (Phi) is 5.68. The number of hydrogen-bond donors (Lipinski definition) is 1. The molecule has 2 atom stereocenters. The molecule has 0 amide bonds. The topological polar surface area (TPSA) is 44.3 Å².